The van der Waals surface area contributed by atoms with Crippen LogP contribution >= 0.6 is 0 Å². The van der Waals surface area contributed by atoms with Crippen molar-refractivity contribution in [3.05, 3.63) is 18.2 Å². The number of ether oxygens (including phenoxy) is 1. The summed E-state index contributed by atoms with van der Waals surface area (Å²) >= 11 is 0. The molecule has 86 valence electrons. The Morgan fingerprint density at radius 1 is 1.60 bits per heavy atom. The van der Waals surface area contributed by atoms with Gasteiger partial charge in [0.1, 0.15) is 0 Å². The highest BCUT2D eigenvalue weighted by Crippen LogP contribution is 2.00. The summed E-state index contributed by atoms with van der Waals surface area (Å²) in [6.07, 6.45) is 4.95. The van der Waals surface area contributed by atoms with E-state index in [1.165, 1.54) is 5.69 Å². The molecule has 0 aliphatic heterocycles. The number of imidazole rings is 1. The molecule has 0 aromatic carbocycles. The Bertz CT molecular complexity index is 273. The molecule has 0 spiro atoms. The lowest BCUT2D eigenvalue weighted by Crippen LogP contribution is -2.30. The number of hydrogen-bond acceptors (Lipinski definition) is 3. The van der Waals surface area contributed by atoms with Gasteiger partial charge in [0, 0.05) is 32.4 Å². The van der Waals surface area contributed by atoms with Crippen LogP contribution in [0.2, 0.25) is 0 Å². The monoisotopic (exact) mass is 211 g/mol. The van der Waals surface area contributed by atoms with E-state index in [0.717, 1.165) is 26.1 Å². The number of hydrogen-bond donors (Lipinski definition) is 1. The zero-order valence-electron chi connectivity index (χ0n) is 9.86. The van der Waals surface area contributed by atoms with Gasteiger partial charge in [0.15, 0.2) is 0 Å². The summed E-state index contributed by atoms with van der Waals surface area (Å²) in [6, 6.07) is 0.375. The van der Waals surface area contributed by atoms with Gasteiger partial charge in [-0.15, -0.1) is 0 Å². The van der Waals surface area contributed by atoms with Gasteiger partial charge in [-0.05, 0) is 13.3 Å². The quantitative estimate of drug-likeness (QED) is 0.741. The fourth-order valence-electron chi connectivity index (χ4n) is 1.53. The summed E-state index contributed by atoms with van der Waals surface area (Å²) < 4.78 is 7.25. The van der Waals surface area contributed by atoms with Crippen LogP contribution in [-0.4, -0.2) is 29.3 Å². The average Bonchev–Trinajstić information content (AvgIpc) is 2.64. The van der Waals surface area contributed by atoms with Crippen molar-refractivity contribution in [1.29, 1.82) is 0 Å². The molecule has 4 heteroatoms. The van der Waals surface area contributed by atoms with Crippen molar-refractivity contribution in [1.82, 2.24) is 14.9 Å². The number of aryl methyl sites for hydroxylation is 1. The highest BCUT2D eigenvalue weighted by atomic mass is 16.5. The molecular formula is C11H21N3O. The summed E-state index contributed by atoms with van der Waals surface area (Å²) in [6.45, 7) is 6.91. The van der Waals surface area contributed by atoms with E-state index in [1.807, 2.05) is 12.5 Å². The highest BCUT2D eigenvalue weighted by Gasteiger charge is 2.04. The zero-order chi connectivity index (χ0) is 11.1. The van der Waals surface area contributed by atoms with Crippen molar-refractivity contribution < 1.29 is 4.74 Å². The minimum atomic E-state index is 0.375. The predicted octanol–water partition coefficient (Wildman–Crippen LogP) is 1.42. The maximum Gasteiger partial charge on any atom is 0.0948 e. The van der Waals surface area contributed by atoms with Crippen LogP contribution in [0.25, 0.3) is 0 Å². The molecule has 0 saturated carbocycles. The molecule has 1 rings (SSSR count). The van der Waals surface area contributed by atoms with Gasteiger partial charge in [0.25, 0.3) is 0 Å². The molecule has 1 atom stereocenters. The molecule has 0 fully saturated rings. The van der Waals surface area contributed by atoms with Gasteiger partial charge in [-0.1, -0.05) is 6.92 Å². The number of aromatic nitrogens is 2. The number of methoxy groups -OCH3 is 1. The molecule has 1 heterocycles. The van der Waals surface area contributed by atoms with E-state index < -0.39 is 0 Å². The molecule has 0 aliphatic carbocycles. The zero-order valence-corrected chi connectivity index (χ0v) is 9.86. The summed E-state index contributed by atoms with van der Waals surface area (Å²) in [7, 11) is 1.72. The summed E-state index contributed by atoms with van der Waals surface area (Å²) in [5.41, 5.74) is 1.24. The van der Waals surface area contributed by atoms with Crippen LogP contribution in [-0.2, 0) is 17.8 Å². The molecular weight excluding hydrogens is 190 g/mol. The second-order valence-electron chi connectivity index (χ2n) is 3.82. The Hall–Kier alpha value is -0.870. The first-order valence-electron chi connectivity index (χ1n) is 5.49. The van der Waals surface area contributed by atoms with E-state index in [0.29, 0.717) is 6.04 Å². The van der Waals surface area contributed by atoms with E-state index in [4.69, 9.17) is 4.74 Å². The van der Waals surface area contributed by atoms with Crippen molar-refractivity contribution in [2.24, 2.45) is 0 Å². The van der Waals surface area contributed by atoms with Crippen molar-refractivity contribution in [2.45, 2.75) is 39.4 Å². The Morgan fingerprint density at radius 3 is 3.07 bits per heavy atom. The largest absolute Gasteiger partial charge is 0.383 e. The van der Waals surface area contributed by atoms with E-state index >= 15 is 0 Å². The van der Waals surface area contributed by atoms with E-state index in [1.54, 1.807) is 7.11 Å². The minimum absolute atomic E-state index is 0.375. The summed E-state index contributed by atoms with van der Waals surface area (Å²) in [4.78, 5) is 4.16. The number of rotatable bonds is 7. The second kappa shape index (κ2) is 6.58. The minimum Gasteiger partial charge on any atom is -0.383 e. The molecule has 0 bridgehead atoms. The van der Waals surface area contributed by atoms with Crippen LogP contribution < -0.4 is 5.32 Å². The third-order valence-electron chi connectivity index (χ3n) is 2.31. The molecule has 0 amide bonds. The molecule has 1 aromatic heterocycles. The van der Waals surface area contributed by atoms with Gasteiger partial charge < -0.3 is 14.6 Å². The van der Waals surface area contributed by atoms with Crippen LogP contribution in [0.15, 0.2) is 12.5 Å². The van der Waals surface area contributed by atoms with Gasteiger partial charge in [-0.25, -0.2) is 4.98 Å². The van der Waals surface area contributed by atoms with Gasteiger partial charge in [0.2, 0.25) is 0 Å². The Balaban J connectivity index is 2.39. The van der Waals surface area contributed by atoms with Gasteiger partial charge in [-0.3, -0.25) is 0 Å². The standard InChI is InChI=1S/C11H21N3O/c1-4-5-14-9-12-6-11(14)7-13-10(2)8-15-3/h6,9-10,13H,4-5,7-8H2,1-3H3. The lowest BCUT2D eigenvalue weighted by Gasteiger charge is -2.13. The van der Waals surface area contributed by atoms with Gasteiger partial charge in [-0.2, -0.15) is 0 Å². The second-order valence-corrected chi connectivity index (χ2v) is 3.82. The smallest absolute Gasteiger partial charge is 0.0948 e. The fraction of sp³-hybridized carbons (Fsp3) is 0.727. The maximum absolute atomic E-state index is 5.07. The maximum atomic E-state index is 5.07. The van der Waals surface area contributed by atoms with E-state index in [-0.39, 0.29) is 0 Å². The van der Waals surface area contributed by atoms with E-state index in [2.05, 4.69) is 28.7 Å². The molecule has 1 N–H and O–H groups in total. The van der Waals surface area contributed by atoms with Crippen molar-refractivity contribution in [2.75, 3.05) is 13.7 Å². The highest BCUT2D eigenvalue weighted by molar-refractivity contribution is 4.98. The molecule has 0 aliphatic rings. The third-order valence-corrected chi connectivity index (χ3v) is 2.31. The summed E-state index contributed by atoms with van der Waals surface area (Å²) in [5, 5.41) is 3.40. The van der Waals surface area contributed by atoms with Crippen molar-refractivity contribution in [3.8, 4) is 0 Å². The van der Waals surface area contributed by atoms with Crippen LogP contribution in [0, 0.1) is 0 Å². The first-order chi connectivity index (χ1) is 7.27. The first-order valence-corrected chi connectivity index (χ1v) is 5.49. The first kappa shape index (κ1) is 12.2. The Kier molecular flexibility index (Phi) is 5.36. The van der Waals surface area contributed by atoms with Crippen molar-refractivity contribution >= 4 is 0 Å². The molecule has 4 nitrogen and oxygen atoms in total. The normalized spacial score (nSPS) is 13.0. The average molecular weight is 211 g/mol. The molecule has 1 unspecified atom stereocenters. The molecule has 1 aromatic rings. The van der Waals surface area contributed by atoms with Crippen LogP contribution in [0.5, 0.6) is 0 Å². The van der Waals surface area contributed by atoms with Crippen LogP contribution in [0.1, 0.15) is 26.0 Å². The fourth-order valence-corrected chi connectivity index (χ4v) is 1.53. The third kappa shape index (κ3) is 4.01. The van der Waals surface area contributed by atoms with Crippen LogP contribution in [0.3, 0.4) is 0 Å². The van der Waals surface area contributed by atoms with Crippen LogP contribution in [0.4, 0.5) is 0 Å². The topological polar surface area (TPSA) is 39.1 Å². The molecule has 0 saturated heterocycles. The Morgan fingerprint density at radius 2 is 2.40 bits per heavy atom. The Labute approximate surface area is 91.7 Å². The van der Waals surface area contributed by atoms with E-state index in [9.17, 15) is 0 Å². The predicted molar refractivity (Wildman–Crippen MR) is 60.7 cm³/mol. The number of nitrogens with zero attached hydrogens (tertiary/aromatic N) is 2. The van der Waals surface area contributed by atoms with Gasteiger partial charge in [0.05, 0.1) is 18.6 Å². The summed E-state index contributed by atoms with van der Waals surface area (Å²) in [5.74, 6) is 0. The lowest BCUT2D eigenvalue weighted by atomic mass is 10.3. The lowest BCUT2D eigenvalue weighted by molar-refractivity contribution is 0.171. The molecule has 0 radical (unpaired) electrons. The molecule has 15 heavy (non-hydrogen) atoms. The number of nitrogens with one attached hydrogen (secondary N) is 1. The van der Waals surface area contributed by atoms with Crippen molar-refractivity contribution in [3.63, 3.8) is 0 Å². The SMILES string of the molecule is CCCn1cncc1CNC(C)COC. The van der Waals surface area contributed by atoms with Gasteiger partial charge >= 0.3 is 0 Å².